The SMILES string of the molecule is N#Cc1c(NC(=O)[C@H]2[C@H](C(=O)O)[C@H]3C=C[C@H]2CC3)sc2c1CCCCC2. The van der Waals surface area contributed by atoms with Gasteiger partial charge in [-0.1, -0.05) is 18.6 Å². The molecule has 6 heteroatoms. The van der Waals surface area contributed by atoms with Crippen molar-refractivity contribution < 1.29 is 14.7 Å². The van der Waals surface area contributed by atoms with Gasteiger partial charge in [0.15, 0.2) is 0 Å². The fourth-order valence-corrected chi connectivity index (χ4v) is 6.08. The van der Waals surface area contributed by atoms with Gasteiger partial charge >= 0.3 is 5.97 Å². The molecular weight excluding hydrogens is 348 g/mol. The van der Waals surface area contributed by atoms with Crippen LogP contribution >= 0.6 is 11.3 Å². The van der Waals surface area contributed by atoms with Crippen LogP contribution in [0.5, 0.6) is 0 Å². The second-order valence-electron chi connectivity index (χ2n) is 7.55. The normalized spacial score (nSPS) is 29.5. The molecule has 4 atom stereocenters. The Labute approximate surface area is 156 Å². The summed E-state index contributed by atoms with van der Waals surface area (Å²) < 4.78 is 0. The van der Waals surface area contributed by atoms with E-state index in [-0.39, 0.29) is 17.7 Å². The van der Waals surface area contributed by atoms with E-state index in [9.17, 15) is 20.0 Å². The number of carbonyl (C=O) groups is 2. The number of carbonyl (C=O) groups excluding carboxylic acids is 1. The van der Waals surface area contributed by atoms with Crippen molar-refractivity contribution in [3.8, 4) is 6.07 Å². The highest BCUT2D eigenvalue weighted by atomic mass is 32.1. The minimum atomic E-state index is -0.897. The highest BCUT2D eigenvalue weighted by Gasteiger charge is 2.48. The van der Waals surface area contributed by atoms with E-state index in [0.29, 0.717) is 10.6 Å². The zero-order chi connectivity index (χ0) is 18.3. The van der Waals surface area contributed by atoms with E-state index in [0.717, 1.165) is 44.1 Å². The van der Waals surface area contributed by atoms with Crippen LogP contribution < -0.4 is 5.32 Å². The van der Waals surface area contributed by atoms with Gasteiger partial charge < -0.3 is 10.4 Å². The molecule has 0 radical (unpaired) electrons. The Balaban J connectivity index is 1.62. The molecule has 26 heavy (non-hydrogen) atoms. The van der Waals surface area contributed by atoms with Crippen molar-refractivity contribution in [1.82, 2.24) is 0 Å². The predicted octanol–water partition coefficient (Wildman–Crippen LogP) is 3.74. The van der Waals surface area contributed by atoms with Gasteiger partial charge in [0.2, 0.25) is 5.91 Å². The zero-order valence-electron chi connectivity index (χ0n) is 14.5. The van der Waals surface area contributed by atoms with Gasteiger partial charge in [-0.15, -0.1) is 11.3 Å². The quantitative estimate of drug-likeness (QED) is 0.626. The Morgan fingerprint density at radius 1 is 1.12 bits per heavy atom. The number of thiophene rings is 1. The smallest absolute Gasteiger partial charge is 0.307 e. The largest absolute Gasteiger partial charge is 0.481 e. The fraction of sp³-hybridized carbons (Fsp3) is 0.550. The van der Waals surface area contributed by atoms with Gasteiger partial charge in [-0.3, -0.25) is 9.59 Å². The van der Waals surface area contributed by atoms with Crippen molar-refractivity contribution in [3.63, 3.8) is 0 Å². The lowest BCUT2D eigenvalue weighted by Crippen LogP contribution is -2.47. The number of aliphatic carboxylic acids is 1. The number of nitrogens with one attached hydrogen (secondary N) is 1. The van der Waals surface area contributed by atoms with Gasteiger partial charge in [-0.2, -0.15) is 5.26 Å². The molecule has 4 aliphatic carbocycles. The minimum Gasteiger partial charge on any atom is -0.481 e. The summed E-state index contributed by atoms with van der Waals surface area (Å²) in [6, 6.07) is 2.27. The molecule has 0 aromatic carbocycles. The predicted molar refractivity (Wildman–Crippen MR) is 98.9 cm³/mol. The number of carboxylic acid groups (broad SMARTS) is 1. The Morgan fingerprint density at radius 3 is 2.46 bits per heavy atom. The molecule has 2 bridgehead atoms. The van der Waals surface area contributed by atoms with Crippen molar-refractivity contribution in [3.05, 3.63) is 28.2 Å². The second-order valence-corrected chi connectivity index (χ2v) is 8.65. The molecule has 0 aliphatic heterocycles. The molecule has 0 unspecified atom stereocenters. The second kappa shape index (κ2) is 6.88. The summed E-state index contributed by atoms with van der Waals surface area (Å²) in [7, 11) is 0. The molecule has 136 valence electrons. The third-order valence-electron chi connectivity index (χ3n) is 6.11. The number of allylic oxidation sites excluding steroid dienone is 2. The van der Waals surface area contributed by atoms with Crippen molar-refractivity contribution in [1.29, 1.82) is 5.26 Å². The molecular formula is C20H22N2O3S. The lowest BCUT2D eigenvalue weighted by Gasteiger charge is -2.41. The van der Waals surface area contributed by atoms with E-state index in [1.54, 1.807) is 0 Å². The first-order chi connectivity index (χ1) is 12.6. The maximum atomic E-state index is 13.0. The number of aryl methyl sites for hydroxylation is 1. The topological polar surface area (TPSA) is 90.2 Å². The molecule has 5 rings (SSSR count). The van der Waals surface area contributed by atoms with Gasteiger partial charge in [0.05, 0.1) is 17.4 Å². The summed E-state index contributed by atoms with van der Waals surface area (Å²) in [4.78, 5) is 26.0. The molecule has 1 amide bonds. The summed E-state index contributed by atoms with van der Waals surface area (Å²) in [6.45, 7) is 0. The van der Waals surface area contributed by atoms with E-state index in [1.807, 2.05) is 12.2 Å². The number of rotatable bonds is 3. The number of nitriles is 1. The van der Waals surface area contributed by atoms with E-state index in [2.05, 4.69) is 11.4 Å². The number of nitrogens with zero attached hydrogens (tertiary/aromatic N) is 1. The Morgan fingerprint density at radius 2 is 1.81 bits per heavy atom. The summed E-state index contributed by atoms with van der Waals surface area (Å²) >= 11 is 1.50. The monoisotopic (exact) mass is 370 g/mol. The molecule has 5 nitrogen and oxygen atoms in total. The number of hydrogen-bond acceptors (Lipinski definition) is 4. The summed E-state index contributed by atoms with van der Waals surface area (Å²) in [6.07, 6.45) is 10.9. The van der Waals surface area contributed by atoms with Crippen LogP contribution in [0, 0.1) is 35.0 Å². The number of hydrogen-bond donors (Lipinski definition) is 2. The van der Waals surface area contributed by atoms with E-state index >= 15 is 0 Å². The summed E-state index contributed by atoms with van der Waals surface area (Å²) in [5.41, 5.74) is 1.67. The van der Waals surface area contributed by atoms with E-state index in [1.165, 1.54) is 22.6 Å². The maximum absolute atomic E-state index is 13.0. The van der Waals surface area contributed by atoms with Gasteiger partial charge in [-0.05, 0) is 55.9 Å². The van der Waals surface area contributed by atoms with Crippen LogP contribution in [-0.4, -0.2) is 17.0 Å². The number of anilines is 1. The summed E-state index contributed by atoms with van der Waals surface area (Å²) in [5.74, 6) is -2.45. The van der Waals surface area contributed by atoms with Crippen molar-refractivity contribution in [2.75, 3.05) is 5.32 Å². The fourth-order valence-electron chi connectivity index (χ4n) is 4.83. The summed E-state index contributed by atoms with van der Waals surface area (Å²) in [5, 5.41) is 22.8. The first-order valence-electron chi connectivity index (χ1n) is 9.36. The van der Waals surface area contributed by atoms with E-state index in [4.69, 9.17) is 0 Å². The number of carboxylic acids is 1. The molecule has 1 aromatic rings. The third kappa shape index (κ3) is 2.84. The third-order valence-corrected chi connectivity index (χ3v) is 7.31. The van der Waals surface area contributed by atoms with Crippen molar-refractivity contribution in [2.24, 2.45) is 23.7 Å². The Bertz CT molecular complexity index is 820. The molecule has 1 aromatic heterocycles. The number of amides is 1. The van der Waals surface area contributed by atoms with E-state index < -0.39 is 17.8 Å². The average molecular weight is 370 g/mol. The highest BCUT2D eigenvalue weighted by molar-refractivity contribution is 7.16. The van der Waals surface area contributed by atoms with Crippen molar-refractivity contribution >= 4 is 28.2 Å². The molecule has 2 N–H and O–H groups in total. The van der Waals surface area contributed by atoms with Gasteiger partial charge in [0.1, 0.15) is 11.1 Å². The highest BCUT2D eigenvalue weighted by Crippen LogP contribution is 2.46. The molecule has 0 spiro atoms. The van der Waals surface area contributed by atoms with Crippen LogP contribution in [0.1, 0.15) is 48.1 Å². The van der Waals surface area contributed by atoms with Gasteiger partial charge in [-0.25, -0.2) is 0 Å². The standard InChI is InChI=1S/C20H22N2O3S/c21-10-14-13-4-2-1-3-5-15(13)26-19(14)22-18(23)16-11-6-8-12(9-7-11)17(16)20(24)25/h6,8,11-12,16-17H,1-5,7,9H2,(H,22,23)(H,24,25)/t11-,12-,16+,17+/m0/s1. The molecule has 4 aliphatic rings. The van der Waals surface area contributed by atoms with Gasteiger partial charge in [0.25, 0.3) is 0 Å². The van der Waals surface area contributed by atoms with Crippen LogP contribution in [0.15, 0.2) is 12.2 Å². The van der Waals surface area contributed by atoms with Gasteiger partial charge in [0, 0.05) is 4.88 Å². The average Bonchev–Trinajstić information content (AvgIpc) is 2.81. The number of fused-ring (bicyclic) bond motifs is 3. The van der Waals surface area contributed by atoms with Crippen LogP contribution in [0.4, 0.5) is 5.00 Å². The zero-order valence-corrected chi connectivity index (χ0v) is 15.3. The van der Waals surface area contributed by atoms with Crippen LogP contribution in [0.2, 0.25) is 0 Å². The lowest BCUT2D eigenvalue weighted by atomic mass is 9.62. The first-order valence-corrected chi connectivity index (χ1v) is 10.2. The Kier molecular flexibility index (Phi) is 4.58. The van der Waals surface area contributed by atoms with Crippen molar-refractivity contribution in [2.45, 2.75) is 44.9 Å². The van der Waals surface area contributed by atoms with Crippen LogP contribution in [-0.2, 0) is 22.4 Å². The minimum absolute atomic E-state index is 0.0237. The lowest BCUT2D eigenvalue weighted by molar-refractivity contribution is -0.151. The molecule has 1 fully saturated rings. The van der Waals surface area contributed by atoms with Crippen LogP contribution in [0.3, 0.4) is 0 Å². The molecule has 1 saturated carbocycles. The van der Waals surface area contributed by atoms with Crippen LogP contribution in [0.25, 0.3) is 0 Å². The first kappa shape index (κ1) is 17.3. The molecule has 1 heterocycles. The molecule has 0 saturated heterocycles. The maximum Gasteiger partial charge on any atom is 0.307 e. The Hall–Kier alpha value is -2.13.